The maximum absolute atomic E-state index is 14.0. The normalized spacial score (nSPS) is 19.4. The number of carbonyl (C=O) groups is 5. The molecule has 9 heterocycles. The fraction of sp³-hybridized carbons (Fsp3) is 0.294. The van der Waals surface area contributed by atoms with E-state index in [9.17, 15) is 43.0 Å². The minimum Gasteiger partial charge on any atom is -0.508 e. The van der Waals surface area contributed by atoms with Crippen LogP contribution in [0.1, 0.15) is 70.8 Å². The number of thiazole rings is 3. The van der Waals surface area contributed by atoms with Gasteiger partial charge in [-0.25, -0.2) is 47.7 Å². The molecule has 0 saturated carbocycles. The topological polar surface area (TPSA) is 251 Å². The van der Waals surface area contributed by atoms with Crippen LogP contribution in [0, 0.1) is 37.3 Å². The molecule has 6 aliphatic rings. The summed E-state index contributed by atoms with van der Waals surface area (Å²) in [6, 6.07) is 16.6. The number of hydrogen-bond donors (Lipinski definition) is 4. The second kappa shape index (κ2) is 29.1. The number of carboxylic acid groups (broad SMARTS) is 1. The van der Waals surface area contributed by atoms with Gasteiger partial charge in [-0.2, -0.15) is 0 Å². The van der Waals surface area contributed by atoms with Gasteiger partial charge in [0.1, 0.15) is 34.5 Å². The SMILES string of the molecule is C=C(O)c1ccc(-c2csc(CN3C[C@@H]4CN(CC5=C(C(=O)OC)[C@H](c6ccc(F)cc6Cl)N=C(c6nccs6)N5)CCN4C3=O)n2)cc1.COC(=O)C1=C(CN2CCN3C(=O)N(CC#Cc4c(C)cc(C(=O)O)cc4C)C[C@@H]3C2)NC(c2nccs2)=N[C@H]1c1ccc(F)cc1Cl. The van der Waals surface area contributed by atoms with Crippen LogP contribution in [0.15, 0.2) is 140 Å². The van der Waals surface area contributed by atoms with Crippen molar-refractivity contribution >= 4 is 105 Å². The Kier molecular flexibility index (Phi) is 20.3. The van der Waals surface area contributed by atoms with E-state index in [1.807, 2.05) is 56.8 Å². The third-order valence-electron chi connectivity index (χ3n) is 17.3. The lowest BCUT2D eigenvalue weighted by Crippen LogP contribution is -2.53. The molecule has 0 spiro atoms. The molecule has 500 valence electrons. The van der Waals surface area contributed by atoms with E-state index in [2.05, 4.69) is 48.8 Å². The zero-order chi connectivity index (χ0) is 68.3. The van der Waals surface area contributed by atoms with E-state index in [0.29, 0.717) is 122 Å². The number of aliphatic hydroxyl groups excluding tert-OH is 1. The van der Waals surface area contributed by atoms with E-state index in [4.69, 9.17) is 47.6 Å². The van der Waals surface area contributed by atoms with Crippen molar-refractivity contribution in [1.29, 1.82) is 0 Å². The number of aryl methyl sites for hydroxylation is 2. The highest BCUT2D eigenvalue weighted by molar-refractivity contribution is 7.12. The number of urea groups is 2. The second-order valence-electron chi connectivity index (χ2n) is 23.5. The molecule has 0 aliphatic carbocycles. The predicted molar refractivity (Wildman–Crippen MR) is 366 cm³/mol. The van der Waals surface area contributed by atoms with Gasteiger partial charge in [0, 0.05) is 143 Å². The summed E-state index contributed by atoms with van der Waals surface area (Å²) in [6.45, 7) is 12.8. The van der Waals surface area contributed by atoms with Crippen molar-refractivity contribution in [1.82, 2.24) is 55.0 Å². The minimum absolute atomic E-state index is 0.0112. The number of fused-ring (bicyclic) bond motifs is 2. The molecule has 4 N–H and O–H groups in total. The molecular weight excluding hydrogens is 1350 g/mol. The number of carbonyl (C=O) groups excluding carboxylic acids is 4. The Morgan fingerprint density at radius 2 is 1.18 bits per heavy atom. The molecule has 6 aliphatic heterocycles. The number of ether oxygens (including phenoxy) is 2. The van der Waals surface area contributed by atoms with Crippen LogP contribution in [0.3, 0.4) is 0 Å². The van der Waals surface area contributed by atoms with E-state index in [1.54, 1.807) is 41.6 Å². The molecule has 0 radical (unpaired) electrons. The third-order valence-corrected chi connectivity index (χ3v) is 20.3. The van der Waals surface area contributed by atoms with Crippen molar-refractivity contribution in [3.05, 3.63) is 206 Å². The Bertz CT molecular complexity index is 4440. The van der Waals surface area contributed by atoms with Crippen molar-refractivity contribution in [3.8, 4) is 23.1 Å². The van der Waals surface area contributed by atoms with Crippen molar-refractivity contribution in [2.45, 2.75) is 44.6 Å². The number of benzene rings is 4. The van der Waals surface area contributed by atoms with Crippen molar-refractivity contribution in [3.63, 3.8) is 0 Å². The molecule has 4 aromatic carbocycles. The van der Waals surface area contributed by atoms with E-state index < -0.39 is 41.6 Å². The van der Waals surface area contributed by atoms with Crippen molar-refractivity contribution in [2.24, 2.45) is 9.98 Å². The van der Waals surface area contributed by atoms with Gasteiger partial charge in [0.25, 0.3) is 0 Å². The van der Waals surface area contributed by atoms with Crippen LogP contribution in [0.25, 0.3) is 17.0 Å². The van der Waals surface area contributed by atoms with Gasteiger partial charge in [-0.3, -0.25) is 19.8 Å². The number of aliphatic hydroxyl groups is 1. The van der Waals surface area contributed by atoms with Crippen molar-refractivity contribution in [2.75, 3.05) is 86.2 Å². The van der Waals surface area contributed by atoms with E-state index >= 15 is 0 Å². The highest BCUT2D eigenvalue weighted by Gasteiger charge is 2.44. The van der Waals surface area contributed by atoms with E-state index in [1.165, 1.54) is 84.6 Å². The Labute approximate surface area is 578 Å². The Balaban J connectivity index is 0.000000185. The molecule has 22 nitrogen and oxygen atoms in total. The van der Waals surface area contributed by atoms with Crippen LogP contribution < -0.4 is 10.6 Å². The monoisotopic (exact) mass is 1410 g/mol. The number of aliphatic imine (C=N–C) groups is 2. The number of nitrogens with one attached hydrogen (secondary N) is 2. The molecule has 4 atom stereocenters. The summed E-state index contributed by atoms with van der Waals surface area (Å²) in [5, 5.41) is 33.6. The fourth-order valence-electron chi connectivity index (χ4n) is 12.6. The number of aromatic carboxylic acids is 1. The number of amidine groups is 2. The zero-order valence-electron chi connectivity index (χ0n) is 52.7. The summed E-state index contributed by atoms with van der Waals surface area (Å²) >= 11 is 17.3. The first-order chi connectivity index (χ1) is 46.7. The quantitative estimate of drug-likeness (QED) is 0.0399. The number of hydrogen-bond acceptors (Lipinski definition) is 20. The Hall–Kier alpha value is -9.40. The fourth-order valence-corrected chi connectivity index (χ4v) is 15.2. The molecule has 0 unspecified atom stereocenters. The molecule has 0 bridgehead atoms. The number of halogens is 4. The molecule has 4 saturated heterocycles. The number of esters is 2. The van der Waals surface area contributed by atoms with Gasteiger partial charge in [-0.15, -0.1) is 34.0 Å². The molecule has 4 fully saturated rings. The van der Waals surface area contributed by atoms with Gasteiger partial charge in [-0.05, 0) is 61.4 Å². The number of aromatic nitrogens is 3. The van der Waals surface area contributed by atoms with E-state index in [-0.39, 0.29) is 63.2 Å². The number of nitrogens with zero attached hydrogens (tertiary/aromatic N) is 11. The van der Waals surface area contributed by atoms with Gasteiger partial charge in [0.05, 0.1) is 61.8 Å². The number of carboxylic acids is 1. The third kappa shape index (κ3) is 14.7. The second-order valence-corrected chi connectivity index (χ2v) is 27.1. The van der Waals surface area contributed by atoms with Crippen LogP contribution in [-0.4, -0.2) is 195 Å². The summed E-state index contributed by atoms with van der Waals surface area (Å²) in [7, 11) is 2.61. The van der Waals surface area contributed by atoms with Gasteiger partial charge in [0.2, 0.25) is 0 Å². The van der Waals surface area contributed by atoms with Gasteiger partial charge in [-0.1, -0.05) is 78.0 Å². The molecule has 7 aromatic rings. The maximum atomic E-state index is 14.0. The Morgan fingerprint density at radius 1 is 0.670 bits per heavy atom. The summed E-state index contributed by atoms with van der Waals surface area (Å²) < 4.78 is 38.4. The number of methoxy groups -OCH3 is 2. The average Bonchev–Trinajstić information content (AvgIpc) is 1.49. The smallest absolute Gasteiger partial charge is 0.338 e. The van der Waals surface area contributed by atoms with Crippen LogP contribution in [0.2, 0.25) is 10.0 Å². The largest absolute Gasteiger partial charge is 0.508 e. The van der Waals surface area contributed by atoms with Gasteiger partial charge in [0.15, 0.2) is 21.7 Å². The van der Waals surface area contributed by atoms with E-state index in [0.717, 1.165) is 33.0 Å². The molecule has 3 aromatic heterocycles. The molecular formula is C68H63Cl2F2N13O9S3. The maximum Gasteiger partial charge on any atom is 0.338 e. The summed E-state index contributed by atoms with van der Waals surface area (Å²) in [5.74, 6) is 4.03. The summed E-state index contributed by atoms with van der Waals surface area (Å²) in [6.07, 6.45) is 3.33. The first-order valence-electron chi connectivity index (χ1n) is 30.6. The van der Waals surface area contributed by atoms with Gasteiger partial charge >= 0.3 is 30.0 Å². The van der Waals surface area contributed by atoms with Crippen LogP contribution in [0.4, 0.5) is 18.4 Å². The van der Waals surface area contributed by atoms with Crippen LogP contribution in [0.5, 0.6) is 0 Å². The zero-order valence-corrected chi connectivity index (χ0v) is 56.7. The first kappa shape index (κ1) is 67.6. The first-order valence-corrected chi connectivity index (χ1v) is 34.0. The van der Waals surface area contributed by atoms with Crippen LogP contribution >= 0.6 is 57.2 Å². The predicted octanol–water partition coefficient (Wildman–Crippen LogP) is 9.97. The summed E-state index contributed by atoms with van der Waals surface area (Å²) in [5.41, 5.74) is 7.48. The standard InChI is InChI=1S/C34H31ClFN7O4S2.C34H32ClFN6O5S/c1-19(44)20-3-5-21(6-4-20)27-18-49-28(38-27)17-42-15-23-14-41(10-11-43(23)34(42)46)16-26-29(33(45)47-2)30(24-8-7-22(36)13-25(24)35)40-31(39-26)32-37-9-12-48-32;1-19-13-21(32(43)44)14-20(2)24(19)5-4-9-41-17-23-16-40(10-11-42(23)34(41)46)18-27-28(33(45)47-3)29(25-7-6-22(36)15-26(25)35)39-30(38-27)31-37-8-12-48-31/h3-9,12-13,18,23,30,44H,1,10-11,14-17H2,2H3,(H,39,40);6-8,12-15,23,29H,9-11,16-18H2,1-3H3,(H,38,39)(H,43,44)/t23-,30-;23-,29-/m00/s1. The highest BCUT2D eigenvalue weighted by atomic mass is 35.5. The number of amides is 4. The molecule has 13 rings (SSSR count). The molecule has 4 amide bonds. The lowest BCUT2D eigenvalue weighted by molar-refractivity contribution is -0.137. The Morgan fingerprint density at radius 3 is 1.64 bits per heavy atom. The lowest BCUT2D eigenvalue weighted by atomic mass is 9.95. The van der Waals surface area contributed by atoms with Crippen LogP contribution in [-0.2, 0) is 25.6 Å². The number of piperazine rings is 2. The highest BCUT2D eigenvalue weighted by Crippen LogP contribution is 2.40. The van der Waals surface area contributed by atoms with Gasteiger partial charge < -0.3 is 49.9 Å². The molecule has 29 heteroatoms. The lowest BCUT2D eigenvalue weighted by Gasteiger charge is -2.38. The minimum atomic E-state index is -0.990. The number of rotatable bonds is 16. The van der Waals surface area contributed by atoms with Crippen molar-refractivity contribution < 1.29 is 52.4 Å². The summed E-state index contributed by atoms with van der Waals surface area (Å²) in [4.78, 5) is 99.6. The average molecular weight is 1410 g/mol. The molecule has 97 heavy (non-hydrogen) atoms.